The monoisotopic (exact) mass is 268 g/mol. The van der Waals surface area contributed by atoms with Crippen molar-refractivity contribution in [3.05, 3.63) is 0 Å². The second-order valence-corrected chi connectivity index (χ2v) is 8.00. The van der Waals surface area contributed by atoms with Gasteiger partial charge in [-0.3, -0.25) is 4.90 Å². The number of nitrogens with one attached hydrogen (secondary N) is 1. The van der Waals surface area contributed by atoms with Crippen molar-refractivity contribution in [1.29, 1.82) is 0 Å². The minimum absolute atomic E-state index is 0.0411. The van der Waals surface area contributed by atoms with Gasteiger partial charge in [0.1, 0.15) is 0 Å². The third-order valence-corrected chi connectivity index (χ3v) is 4.70. The molecule has 2 unspecified atom stereocenters. The lowest BCUT2D eigenvalue weighted by atomic mass is 9.86. The minimum Gasteiger partial charge on any atom is -0.375 e. The van der Waals surface area contributed by atoms with E-state index >= 15 is 0 Å². The van der Waals surface area contributed by atoms with Gasteiger partial charge in [0.05, 0.1) is 5.60 Å². The number of ether oxygens (including phenoxy) is 1. The van der Waals surface area contributed by atoms with Gasteiger partial charge in [0.15, 0.2) is 0 Å². The molecule has 112 valence electrons. The molecule has 3 nitrogen and oxygen atoms in total. The van der Waals surface area contributed by atoms with Crippen LogP contribution < -0.4 is 5.32 Å². The summed E-state index contributed by atoms with van der Waals surface area (Å²) in [6, 6.07) is 1.34. The fraction of sp³-hybridized carbons (Fsp3) is 1.00. The highest BCUT2D eigenvalue weighted by Crippen LogP contribution is 2.32. The van der Waals surface area contributed by atoms with Gasteiger partial charge in [0, 0.05) is 37.3 Å². The number of hydrogen-bond donors (Lipinski definition) is 1. The molecule has 19 heavy (non-hydrogen) atoms. The van der Waals surface area contributed by atoms with Crippen LogP contribution in [0.1, 0.15) is 54.4 Å². The van der Waals surface area contributed by atoms with Crippen LogP contribution >= 0.6 is 0 Å². The first kappa shape index (κ1) is 15.3. The van der Waals surface area contributed by atoms with Crippen LogP contribution in [0.25, 0.3) is 0 Å². The highest BCUT2D eigenvalue weighted by molar-refractivity contribution is 4.98. The molecule has 2 aliphatic heterocycles. The average Bonchev–Trinajstić information content (AvgIpc) is 2.25. The van der Waals surface area contributed by atoms with Crippen molar-refractivity contribution in [2.45, 2.75) is 77.6 Å². The van der Waals surface area contributed by atoms with Gasteiger partial charge in [-0.15, -0.1) is 0 Å². The van der Waals surface area contributed by atoms with Crippen LogP contribution in [0.15, 0.2) is 0 Å². The third kappa shape index (κ3) is 3.71. The first-order valence-corrected chi connectivity index (χ1v) is 7.85. The van der Waals surface area contributed by atoms with E-state index in [2.05, 4.69) is 51.8 Å². The average molecular weight is 268 g/mol. The molecule has 3 heteroatoms. The Bertz CT molecular complexity index is 312. The van der Waals surface area contributed by atoms with Crippen LogP contribution in [0.3, 0.4) is 0 Å². The second kappa shape index (κ2) is 5.34. The molecular weight excluding hydrogens is 236 g/mol. The molecule has 1 N–H and O–H groups in total. The molecule has 0 spiro atoms. The van der Waals surface area contributed by atoms with Crippen molar-refractivity contribution in [3.8, 4) is 0 Å². The van der Waals surface area contributed by atoms with Gasteiger partial charge in [-0.1, -0.05) is 13.8 Å². The van der Waals surface area contributed by atoms with Crippen LogP contribution in [-0.4, -0.2) is 47.8 Å². The molecule has 2 atom stereocenters. The van der Waals surface area contributed by atoms with E-state index in [-0.39, 0.29) is 11.1 Å². The summed E-state index contributed by atoms with van der Waals surface area (Å²) in [4.78, 5) is 2.77. The molecule has 0 aromatic heterocycles. The van der Waals surface area contributed by atoms with Gasteiger partial charge < -0.3 is 10.1 Å². The zero-order valence-corrected chi connectivity index (χ0v) is 13.6. The van der Waals surface area contributed by atoms with Crippen LogP contribution in [0.5, 0.6) is 0 Å². The van der Waals surface area contributed by atoms with Gasteiger partial charge in [-0.25, -0.2) is 0 Å². The van der Waals surface area contributed by atoms with Crippen molar-refractivity contribution in [3.63, 3.8) is 0 Å². The summed E-state index contributed by atoms with van der Waals surface area (Å²) in [7, 11) is 0. The number of rotatable bonds is 2. The van der Waals surface area contributed by atoms with Crippen LogP contribution in [0.4, 0.5) is 0 Å². The Morgan fingerprint density at radius 3 is 2.47 bits per heavy atom. The first-order valence-electron chi connectivity index (χ1n) is 7.85. The largest absolute Gasteiger partial charge is 0.375 e. The normalized spacial score (nSPS) is 35.5. The number of hydrogen-bond acceptors (Lipinski definition) is 3. The Labute approximate surface area is 119 Å². The van der Waals surface area contributed by atoms with Crippen molar-refractivity contribution >= 4 is 0 Å². The summed E-state index contributed by atoms with van der Waals surface area (Å²) in [6.45, 7) is 17.0. The van der Waals surface area contributed by atoms with Gasteiger partial charge in [-0.05, 0) is 46.5 Å². The number of piperazine rings is 1. The standard InChI is InChI=1S/C16H32N2O/c1-12(2)14-10-17-15(3,4)11-18(14)13-7-8-19-16(5,6)9-13/h12-14,17H,7-11H2,1-6H3. The Morgan fingerprint density at radius 1 is 1.21 bits per heavy atom. The molecule has 0 aromatic rings. The Balaban J connectivity index is 2.12. The molecule has 0 bridgehead atoms. The van der Waals surface area contributed by atoms with E-state index in [1.807, 2.05) is 0 Å². The molecule has 2 rings (SSSR count). The highest BCUT2D eigenvalue weighted by atomic mass is 16.5. The number of nitrogens with zero attached hydrogens (tertiary/aromatic N) is 1. The molecule has 2 fully saturated rings. The molecule has 2 saturated heterocycles. The van der Waals surface area contributed by atoms with E-state index in [0.717, 1.165) is 26.1 Å². The molecule has 0 saturated carbocycles. The van der Waals surface area contributed by atoms with Crippen LogP contribution in [-0.2, 0) is 4.74 Å². The Morgan fingerprint density at radius 2 is 1.89 bits per heavy atom. The van der Waals surface area contributed by atoms with Crippen molar-refractivity contribution in [2.75, 3.05) is 19.7 Å². The lowest BCUT2D eigenvalue weighted by Gasteiger charge is -2.52. The first-order chi connectivity index (χ1) is 8.70. The Kier molecular flexibility index (Phi) is 4.29. The fourth-order valence-electron chi connectivity index (χ4n) is 3.63. The van der Waals surface area contributed by atoms with Crippen LogP contribution in [0, 0.1) is 5.92 Å². The summed E-state index contributed by atoms with van der Waals surface area (Å²) in [5, 5.41) is 3.71. The molecule has 0 aliphatic carbocycles. The van der Waals surface area contributed by atoms with E-state index in [1.54, 1.807) is 0 Å². The third-order valence-electron chi connectivity index (χ3n) is 4.70. The summed E-state index contributed by atoms with van der Waals surface area (Å²) in [5.74, 6) is 0.703. The molecule has 2 heterocycles. The van der Waals surface area contributed by atoms with Crippen molar-refractivity contribution in [2.24, 2.45) is 5.92 Å². The Hall–Kier alpha value is -0.120. The second-order valence-electron chi connectivity index (χ2n) is 8.00. The zero-order valence-electron chi connectivity index (χ0n) is 13.6. The lowest BCUT2D eigenvalue weighted by Crippen LogP contribution is -2.66. The maximum absolute atomic E-state index is 5.89. The summed E-state index contributed by atoms with van der Waals surface area (Å²) in [5.41, 5.74) is 0.271. The molecule has 0 amide bonds. The summed E-state index contributed by atoms with van der Waals surface area (Å²) in [6.07, 6.45) is 2.34. The minimum atomic E-state index is 0.0411. The topological polar surface area (TPSA) is 24.5 Å². The van der Waals surface area contributed by atoms with Gasteiger partial charge in [0.2, 0.25) is 0 Å². The van der Waals surface area contributed by atoms with Crippen LogP contribution in [0.2, 0.25) is 0 Å². The quantitative estimate of drug-likeness (QED) is 0.833. The molecular formula is C16H32N2O. The summed E-state index contributed by atoms with van der Waals surface area (Å²) >= 11 is 0. The van der Waals surface area contributed by atoms with E-state index in [9.17, 15) is 0 Å². The maximum atomic E-state index is 5.89. The highest BCUT2D eigenvalue weighted by Gasteiger charge is 2.40. The predicted molar refractivity (Wildman–Crippen MR) is 80.5 cm³/mol. The predicted octanol–water partition coefficient (Wildman–Crippen LogP) is 2.65. The van der Waals surface area contributed by atoms with E-state index in [0.29, 0.717) is 18.0 Å². The zero-order chi connectivity index (χ0) is 14.3. The van der Waals surface area contributed by atoms with E-state index in [4.69, 9.17) is 4.74 Å². The molecule has 2 aliphatic rings. The molecule has 0 radical (unpaired) electrons. The lowest BCUT2D eigenvalue weighted by molar-refractivity contribution is -0.101. The SMILES string of the molecule is CC(C)C1CNC(C)(C)CN1C1CCOC(C)(C)C1. The summed E-state index contributed by atoms with van der Waals surface area (Å²) < 4.78 is 5.89. The van der Waals surface area contributed by atoms with E-state index < -0.39 is 0 Å². The van der Waals surface area contributed by atoms with Gasteiger partial charge in [0.25, 0.3) is 0 Å². The molecule has 0 aromatic carbocycles. The van der Waals surface area contributed by atoms with Crippen molar-refractivity contribution < 1.29 is 4.74 Å². The van der Waals surface area contributed by atoms with E-state index in [1.165, 1.54) is 6.42 Å². The van der Waals surface area contributed by atoms with Gasteiger partial charge in [-0.2, -0.15) is 0 Å². The van der Waals surface area contributed by atoms with Crippen molar-refractivity contribution in [1.82, 2.24) is 10.2 Å². The smallest absolute Gasteiger partial charge is 0.0641 e. The fourth-order valence-corrected chi connectivity index (χ4v) is 3.63. The maximum Gasteiger partial charge on any atom is 0.0641 e. The van der Waals surface area contributed by atoms with Gasteiger partial charge >= 0.3 is 0 Å².